The van der Waals surface area contributed by atoms with Crippen LogP contribution in [0.15, 0.2) is 18.2 Å². The highest BCUT2D eigenvalue weighted by Gasteiger charge is 2.14. The zero-order valence-corrected chi connectivity index (χ0v) is 9.69. The number of carbonyl (C=O) groups is 1. The molecule has 0 aromatic heterocycles. The first-order valence-corrected chi connectivity index (χ1v) is 5.25. The van der Waals surface area contributed by atoms with Gasteiger partial charge in [-0.1, -0.05) is 41.4 Å². The van der Waals surface area contributed by atoms with Gasteiger partial charge < -0.3 is 0 Å². The zero-order valence-electron chi connectivity index (χ0n) is 8.18. The molecule has 0 heterocycles. The first-order chi connectivity index (χ1) is 6.52. The Labute approximate surface area is 94.0 Å². The highest BCUT2D eigenvalue weighted by Crippen LogP contribution is 2.16. The number of hydrogen-bond donors (Lipinski definition) is 0. The van der Waals surface area contributed by atoms with Crippen molar-refractivity contribution in [2.24, 2.45) is 0 Å². The maximum Gasteiger partial charge on any atom is 0.170 e. The summed E-state index contributed by atoms with van der Waals surface area (Å²) in [5.41, 5.74) is 3.24. The van der Waals surface area contributed by atoms with Gasteiger partial charge in [0.25, 0.3) is 0 Å². The van der Waals surface area contributed by atoms with E-state index in [0.29, 0.717) is 6.42 Å². The molecule has 0 radical (unpaired) electrons. The summed E-state index contributed by atoms with van der Waals surface area (Å²) in [6, 6.07) is 5.93. The maximum atomic E-state index is 11.4. The van der Waals surface area contributed by atoms with Gasteiger partial charge in [-0.15, -0.1) is 0 Å². The third-order valence-corrected chi connectivity index (χ3v) is 2.73. The minimum Gasteiger partial charge on any atom is -0.296 e. The SMILES string of the molecule is Cc1cccc(C)c1CC(=O)C(Cl)Cl. The third kappa shape index (κ3) is 2.73. The molecule has 76 valence electrons. The van der Waals surface area contributed by atoms with Crippen molar-refractivity contribution in [3.05, 3.63) is 34.9 Å². The summed E-state index contributed by atoms with van der Waals surface area (Å²) in [4.78, 5) is 10.4. The van der Waals surface area contributed by atoms with Crippen molar-refractivity contribution in [2.45, 2.75) is 25.1 Å². The number of rotatable bonds is 3. The molecule has 0 aliphatic carbocycles. The number of aryl methyl sites for hydroxylation is 2. The summed E-state index contributed by atoms with van der Waals surface area (Å²) in [5, 5.41) is 0. The molecule has 0 saturated heterocycles. The van der Waals surface area contributed by atoms with E-state index in [2.05, 4.69) is 0 Å². The lowest BCUT2D eigenvalue weighted by molar-refractivity contribution is -0.116. The molecule has 1 rings (SSSR count). The van der Waals surface area contributed by atoms with E-state index >= 15 is 0 Å². The highest BCUT2D eigenvalue weighted by atomic mass is 35.5. The van der Waals surface area contributed by atoms with Crippen LogP contribution in [0.5, 0.6) is 0 Å². The number of benzene rings is 1. The zero-order chi connectivity index (χ0) is 10.7. The number of carbonyl (C=O) groups excluding carboxylic acids is 1. The lowest BCUT2D eigenvalue weighted by atomic mass is 9.99. The topological polar surface area (TPSA) is 17.1 Å². The van der Waals surface area contributed by atoms with Gasteiger partial charge in [-0.3, -0.25) is 4.79 Å². The quantitative estimate of drug-likeness (QED) is 0.730. The molecule has 1 aromatic carbocycles. The van der Waals surface area contributed by atoms with Crippen molar-refractivity contribution < 1.29 is 4.79 Å². The number of halogens is 2. The van der Waals surface area contributed by atoms with E-state index in [1.807, 2.05) is 32.0 Å². The predicted molar refractivity (Wildman–Crippen MR) is 60.1 cm³/mol. The molecule has 1 aromatic rings. The lowest BCUT2D eigenvalue weighted by Crippen LogP contribution is -2.12. The number of Topliss-reactive ketones (excluding diaryl/α,β-unsaturated/α-hetero) is 1. The number of ketones is 1. The minimum absolute atomic E-state index is 0.147. The van der Waals surface area contributed by atoms with Crippen molar-refractivity contribution in [2.75, 3.05) is 0 Å². The fourth-order valence-corrected chi connectivity index (χ4v) is 1.53. The van der Waals surface area contributed by atoms with Crippen LogP contribution in [0.25, 0.3) is 0 Å². The van der Waals surface area contributed by atoms with Crippen LogP contribution in [-0.4, -0.2) is 10.6 Å². The van der Waals surface area contributed by atoms with E-state index in [1.54, 1.807) is 0 Å². The second-order valence-electron chi connectivity index (χ2n) is 3.31. The van der Waals surface area contributed by atoms with Crippen molar-refractivity contribution in [1.29, 1.82) is 0 Å². The number of hydrogen-bond acceptors (Lipinski definition) is 1. The predicted octanol–water partition coefficient (Wildman–Crippen LogP) is 3.22. The Bertz CT molecular complexity index is 325. The Kier molecular flexibility index (Phi) is 3.97. The average Bonchev–Trinajstić information content (AvgIpc) is 2.11. The molecular formula is C11H12Cl2O. The molecule has 0 spiro atoms. The standard InChI is InChI=1S/C11H12Cl2O/c1-7-4-3-5-8(2)9(7)6-10(14)11(12)13/h3-5,11H,6H2,1-2H3. The van der Waals surface area contributed by atoms with E-state index in [1.165, 1.54) is 0 Å². The summed E-state index contributed by atoms with van der Waals surface area (Å²) in [6.45, 7) is 3.96. The van der Waals surface area contributed by atoms with E-state index in [9.17, 15) is 4.79 Å². The van der Waals surface area contributed by atoms with Crippen molar-refractivity contribution in [1.82, 2.24) is 0 Å². The van der Waals surface area contributed by atoms with Gasteiger partial charge in [0, 0.05) is 6.42 Å². The monoisotopic (exact) mass is 230 g/mol. The summed E-state index contributed by atoms with van der Waals surface area (Å²) in [7, 11) is 0. The third-order valence-electron chi connectivity index (χ3n) is 2.24. The Morgan fingerprint density at radius 2 is 1.79 bits per heavy atom. The Balaban J connectivity index is 2.91. The van der Waals surface area contributed by atoms with Crippen LogP contribution in [0.2, 0.25) is 0 Å². The molecule has 0 aliphatic heterocycles. The second kappa shape index (κ2) is 4.81. The second-order valence-corrected chi connectivity index (χ2v) is 4.41. The van der Waals surface area contributed by atoms with Crippen LogP contribution in [0, 0.1) is 13.8 Å². The Morgan fingerprint density at radius 3 is 2.21 bits per heavy atom. The molecule has 0 atom stereocenters. The maximum absolute atomic E-state index is 11.4. The molecule has 0 N–H and O–H groups in total. The molecule has 0 amide bonds. The normalized spacial score (nSPS) is 10.6. The smallest absolute Gasteiger partial charge is 0.170 e. The molecule has 1 nitrogen and oxygen atoms in total. The summed E-state index contributed by atoms with van der Waals surface area (Å²) in [5.74, 6) is -0.147. The van der Waals surface area contributed by atoms with Gasteiger partial charge in [-0.25, -0.2) is 0 Å². The van der Waals surface area contributed by atoms with E-state index in [-0.39, 0.29) is 5.78 Å². The molecule has 0 aliphatic rings. The molecule has 0 fully saturated rings. The van der Waals surface area contributed by atoms with E-state index < -0.39 is 4.84 Å². The Morgan fingerprint density at radius 1 is 1.29 bits per heavy atom. The van der Waals surface area contributed by atoms with Crippen molar-refractivity contribution in [3.63, 3.8) is 0 Å². The first-order valence-electron chi connectivity index (χ1n) is 4.38. The van der Waals surface area contributed by atoms with Crippen LogP contribution in [0.3, 0.4) is 0 Å². The minimum atomic E-state index is -0.922. The van der Waals surface area contributed by atoms with Crippen LogP contribution in [0.1, 0.15) is 16.7 Å². The van der Waals surface area contributed by atoms with Gasteiger partial charge >= 0.3 is 0 Å². The number of alkyl halides is 2. The van der Waals surface area contributed by atoms with Crippen LogP contribution >= 0.6 is 23.2 Å². The van der Waals surface area contributed by atoms with Gasteiger partial charge in [0.15, 0.2) is 10.6 Å². The van der Waals surface area contributed by atoms with Gasteiger partial charge in [0.2, 0.25) is 0 Å². The molecule has 0 saturated carbocycles. The molecule has 0 bridgehead atoms. The fourth-order valence-electron chi connectivity index (χ4n) is 1.38. The van der Waals surface area contributed by atoms with Crippen molar-refractivity contribution in [3.8, 4) is 0 Å². The first kappa shape index (κ1) is 11.5. The van der Waals surface area contributed by atoms with Gasteiger partial charge in [0.05, 0.1) is 0 Å². The van der Waals surface area contributed by atoms with E-state index in [4.69, 9.17) is 23.2 Å². The molecule has 14 heavy (non-hydrogen) atoms. The summed E-state index contributed by atoms with van der Waals surface area (Å²) < 4.78 is 0. The van der Waals surface area contributed by atoms with Gasteiger partial charge in [-0.05, 0) is 30.5 Å². The lowest BCUT2D eigenvalue weighted by Gasteiger charge is -2.08. The largest absolute Gasteiger partial charge is 0.296 e. The molecule has 3 heteroatoms. The molecule has 0 unspecified atom stereocenters. The Hall–Kier alpha value is -0.530. The molecular weight excluding hydrogens is 219 g/mol. The van der Waals surface area contributed by atoms with Crippen LogP contribution < -0.4 is 0 Å². The highest BCUT2D eigenvalue weighted by molar-refractivity contribution is 6.53. The summed E-state index contributed by atoms with van der Waals surface area (Å²) in [6.07, 6.45) is 0.316. The van der Waals surface area contributed by atoms with Gasteiger partial charge in [0.1, 0.15) is 0 Å². The fraction of sp³-hybridized carbons (Fsp3) is 0.364. The van der Waals surface area contributed by atoms with Crippen molar-refractivity contribution >= 4 is 29.0 Å². The van der Waals surface area contributed by atoms with Gasteiger partial charge in [-0.2, -0.15) is 0 Å². The summed E-state index contributed by atoms with van der Waals surface area (Å²) >= 11 is 11.0. The average molecular weight is 231 g/mol. The van der Waals surface area contributed by atoms with Crippen LogP contribution in [-0.2, 0) is 11.2 Å². The van der Waals surface area contributed by atoms with Crippen LogP contribution in [0.4, 0.5) is 0 Å². The van der Waals surface area contributed by atoms with E-state index in [0.717, 1.165) is 16.7 Å².